The molecule has 15 heavy (non-hydrogen) atoms. The summed E-state index contributed by atoms with van der Waals surface area (Å²) in [5, 5.41) is 8.21. The summed E-state index contributed by atoms with van der Waals surface area (Å²) in [6.45, 7) is 0. The Morgan fingerprint density at radius 3 is 2.00 bits per heavy atom. The number of hydrogen-bond acceptors (Lipinski definition) is 3. The van der Waals surface area contributed by atoms with Gasteiger partial charge in [-0.1, -0.05) is 15.9 Å². The van der Waals surface area contributed by atoms with E-state index in [2.05, 4.69) is 42.1 Å². The average molecular weight is 474 g/mol. The van der Waals surface area contributed by atoms with Crippen LogP contribution in [-0.4, -0.2) is 8.42 Å². The summed E-state index contributed by atoms with van der Waals surface area (Å²) in [7, 11) is -3.67. The van der Waals surface area contributed by atoms with E-state index in [1.807, 2.05) is 18.2 Å². The number of halogens is 3. The molecular formula is C6H7Br2IN2O3S. The molecule has 0 saturated heterocycles. The van der Waals surface area contributed by atoms with Crippen LogP contribution >= 0.6 is 53.1 Å². The van der Waals surface area contributed by atoms with Crippen molar-refractivity contribution in [2.75, 3.05) is 0 Å². The lowest BCUT2D eigenvalue weighted by Crippen LogP contribution is -2.21. The molecule has 5 nitrogen and oxygen atoms in total. The zero-order valence-electron chi connectivity index (χ0n) is 7.15. The van der Waals surface area contributed by atoms with Crippen molar-refractivity contribution in [2.24, 2.45) is 10.3 Å². The quantitative estimate of drug-likeness (QED) is 0.480. The summed E-state index contributed by atoms with van der Waals surface area (Å²) in [4.78, 5) is 0. The molecule has 86 valence electrons. The highest BCUT2D eigenvalue weighted by atomic mass is 127. The lowest BCUT2D eigenvalue weighted by Gasteiger charge is -1.93. The van der Waals surface area contributed by atoms with Crippen molar-refractivity contribution >= 4 is 63.3 Å². The Balaban J connectivity index is 0.000000336. The van der Waals surface area contributed by atoms with Gasteiger partial charge < -0.3 is 0 Å². The molecule has 1 rings (SSSR count). The molecule has 0 heterocycles. The molecule has 0 amide bonds. The Bertz CT molecular complexity index is 444. The predicted octanol–water partition coefficient (Wildman–Crippen LogP) is 1.85. The Hall–Kier alpha value is 0.580. The average Bonchev–Trinajstić information content (AvgIpc) is 2.01. The fourth-order valence-corrected chi connectivity index (χ4v) is 2.68. The van der Waals surface area contributed by atoms with Gasteiger partial charge in [0, 0.05) is 8.95 Å². The molecule has 0 aliphatic heterocycles. The Morgan fingerprint density at radius 2 is 1.67 bits per heavy atom. The molecule has 0 bridgehead atoms. The van der Waals surface area contributed by atoms with Crippen LogP contribution in [0.25, 0.3) is 0 Å². The van der Waals surface area contributed by atoms with Gasteiger partial charge in [0.1, 0.15) is 0 Å². The molecule has 1 aromatic carbocycles. The minimum Gasteiger partial charge on any atom is -0.265 e. The molecule has 1 aromatic rings. The van der Waals surface area contributed by atoms with Gasteiger partial charge in [0.05, 0.1) is 3.57 Å². The van der Waals surface area contributed by atoms with Crippen LogP contribution in [0, 0.1) is 3.57 Å². The van der Waals surface area contributed by atoms with E-state index in [0.29, 0.717) is 0 Å². The van der Waals surface area contributed by atoms with Gasteiger partial charge in [-0.25, -0.2) is 10.3 Å². The highest BCUT2D eigenvalue weighted by molar-refractivity contribution is 14.1. The molecule has 0 radical (unpaired) electrons. The molecule has 0 saturated carbocycles. The van der Waals surface area contributed by atoms with Crippen molar-refractivity contribution in [3.63, 3.8) is 0 Å². The van der Waals surface area contributed by atoms with Crippen LogP contribution in [0.5, 0.6) is 0 Å². The van der Waals surface area contributed by atoms with Gasteiger partial charge in [-0.05, 0) is 34.1 Å². The molecule has 9 heteroatoms. The molecule has 0 fully saturated rings. The lowest BCUT2D eigenvalue weighted by atomic mass is 10.4. The molecule has 0 aliphatic carbocycles. The maximum absolute atomic E-state index is 10.5. The van der Waals surface area contributed by atoms with Gasteiger partial charge in [0.15, 0.2) is 21.2 Å². The zero-order valence-corrected chi connectivity index (χ0v) is 13.3. The zero-order chi connectivity index (χ0) is 12.1. The first kappa shape index (κ1) is 15.6. The number of benzene rings is 1. The highest BCUT2D eigenvalue weighted by Gasteiger charge is 1.97. The lowest BCUT2D eigenvalue weighted by molar-refractivity contribution is 0.599. The second-order valence-electron chi connectivity index (χ2n) is 2.22. The number of hydrogen-bond donors (Lipinski definition) is 2. The van der Waals surface area contributed by atoms with E-state index >= 15 is 0 Å². The van der Waals surface area contributed by atoms with Crippen molar-refractivity contribution in [2.45, 2.75) is 0 Å². The summed E-state index contributed by atoms with van der Waals surface area (Å²) in [6, 6.07) is 5.64. The molecule has 0 atom stereocenters. The summed E-state index contributed by atoms with van der Waals surface area (Å²) in [6.07, 6.45) is 0. The summed E-state index contributed by atoms with van der Waals surface area (Å²) < 4.78 is 31.7. The fourth-order valence-electron chi connectivity index (χ4n) is 0.533. The van der Waals surface area contributed by atoms with E-state index in [-0.39, 0.29) is 0 Å². The molecule has 0 aromatic heterocycles. The van der Waals surface area contributed by atoms with E-state index in [1.165, 1.54) is 0 Å². The first-order valence-corrected chi connectivity index (χ1v) is 8.42. The minimum absolute atomic E-state index is 0.905. The van der Waals surface area contributed by atoms with Gasteiger partial charge in [-0.3, -0.25) is 3.07 Å². The van der Waals surface area contributed by atoms with Crippen molar-refractivity contribution in [1.29, 1.82) is 0 Å². The van der Waals surface area contributed by atoms with E-state index in [1.54, 1.807) is 0 Å². The normalized spacial score (nSPS) is 10.4. The molecule has 0 spiro atoms. The second-order valence-corrected chi connectivity index (χ2v) is 6.78. The third kappa shape index (κ3) is 9.51. The standard InChI is InChI=1S/C6H3Br2IO.H4N2O2S/c7-4-1-2-6(9-10)5(8)3-4;1-5(2,3)4/h1-3H;(H4,1,2,3,4). The molecular weight excluding hydrogens is 467 g/mol. The van der Waals surface area contributed by atoms with Gasteiger partial charge in [0.2, 0.25) is 0 Å². The smallest absolute Gasteiger partial charge is 0.265 e. The van der Waals surface area contributed by atoms with Crippen LogP contribution in [0.3, 0.4) is 0 Å². The van der Waals surface area contributed by atoms with E-state index in [4.69, 9.17) is 0 Å². The van der Waals surface area contributed by atoms with E-state index in [9.17, 15) is 11.5 Å². The van der Waals surface area contributed by atoms with Gasteiger partial charge in [0.25, 0.3) is 10.2 Å². The van der Waals surface area contributed by atoms with Crippen molar-refractivity contribution in [1.82, 2.24) is 0 Å². The van der Waals surface area contributed by atoms with Gasteiger partial charge in [-0.15, -0.1) is 0 Å². The Morgan fingerprint density at radius 1 is 1.20 bits per heavy atom. The Labute approximate surface area is 115 Å². The Kier molecular flexibility index (Phi) is 7.28. The summed E-state index contributed by atoms with van der Waals surface area (Å²) in [5.74, 6) is 0. The van der Waals surface area contributed by atoms with Crippen LogP contribution < -0.4 is 10.3 Å². The van der Waals surface area contributed by atoms with Crippen LogP contribution in [-0.2, 0) is 13.3 Å². The van der Waals surface area contributed by atoms with E-state index < -0.39 is 31.4 Å². The van der Waals surface area contributed by atoms with Crippen molar-refractivity contribution in [3.05, 3.63) is 30.7 Å². The predicted molar refractivity (Wildman–Crippen MR) is 72.5 cm³/mol. The minimum atomic E-state index is -3.67. The van der Waals surface area contributed by atoms with Crippen LogP contribution in [0.2, 0.25) is 0 Å². The third-order valence-corrected chi connectivity index (χ3v) is 4.27. The summed E-state index contributed by atoms with van der Waals surface area (Å²) >= 11 is 5.57. The topological polar surface area (TPSA) is 103 Å². The molecule has 4 N–H and O–H groups in total. The summed E-state index contributed by atoms with van der Waals surface area (Å²) in [5.41, 5.74) is 0. The fraction of sp³-hybridized carbons (Fsp3) is 0. The second kappa shape index (κ2) is 7.01. The van der Waals surface area contributed by atoms with Crippen LogP contribution in [0.4, 0.5) is 0 Å². The van der Waals surface area contributed by atoms with Crippen LogP contribution in [0.15, 0.2) is 27.1 Å². The molecule has 0 unspecified atom stereocenters. The highest BCUT2D eigenvalue weighted by Crippen LogP contribution is 2.25. The maximum atomic E-state index is 10.5. The number of rotatable bonds is 1. The monoisotopic (exact) mass is 472 g/mol. The van der Waals surface area contributed by atoms with Crippen molar-refractivity contribution < 1.29 is 11.5 Å². The SMILES string of the molecule is NS(N)(=O)=O.O=Ic1ccc(Br)cc1Br. The largest absolute Gasteiger partial charge is 0.271 e. The maximum Gasteiger partial charge on any atom is 0.271 e. The first-order chi connectivity index (χ1) is 6.74. The molecule has 0 aliphatic rings. The number of nitrogens with two attached hydrogens (primary N) is 2. The third-order valence-electron chi connectivity index (χ3n) is 0.965. The van der Waals surface area contributed by atoms with E-state index in [0.717, 1.165) is 12.5 Å². The van der Waals surface area contributed by atoms with Gasteiger partial charge in [-0.2, -0.15) is 8.42 Å². The van der Waals surface area contributed by atoms with Crippen molar-refractivity contribution in [3.8, 4) is 0 Å². The van der Waals surface area contributed by atoms with Crippen LogP contribution in [0.1, 0.15) is 0 Å². The van der Waals surface area contributed by atoms with Gasteiger partial charge >= 0.3 is 0 Å². The first-order valence-electron chi connectivity index (χ1n) is 3.26.